The number of amides is 1. The molecule has 0 aliphatic rings. The third-order valence-corrected chi connectivity index (χ3v) is 3.28. The number of esters is 1. The van der Waals surface area contributed by atoms with Gasteiger partial charge in [0.1, 0.15) is 0 Å². The molecule has 4 heteroatoms. The minimum absolute atomic E-state index is 0.148. The van der Waals surface area contributed by atoms with Crippen LogP contribution in [0.5, 0.6) is 0 Å². The van der Waals surface area contributed by atoms with Crippen LogP contribution in [0.15, 0.2) is 60.7 Å². The summed E-state index contributed by atoms with van der Waals surface area (Å²) >= 11 is 0. The van der Waals surface area contributed by atoms with Crippen molar-refractivity contribution in [3.05, 3.63) is 71.8 Å². The lowest BCUT2D eigenvalue weighted by Gasteiger charge is -2.09. The first kappa shape index (κ1) is 16.5. The second-order valence-corrected chi connectivity index (χ2v) is 4.92. The molecule has 2 aromatic rings. The van der Waals surface area contributed by atoms with Crippen LogP contribution >= 0.6 is 0 Å². The maximum absolute atomic E-state index is 12.5. The first-order valence-corrected chi connectivity index (χ1v) is 7.38. The average Bonchev–Trinajstić information content (AvgIpc) is 2.61. The van der Waals surface area contributed by atoms with Crippen molar-refractivity contribution in [3.63, 3.8) is 0 Å². The Hall–Kier alpha value is -2.88. The van der Waals surface area contributed by atoms with Crippen molar-refractivity contribution in [2.75, 3.05) is 13.7 Å². The maximum atomic E-state index is 12.5. The molecule has 0 aliphatic carbocycles. The summed E-state index contributed by atoms with van der Waals surface area (Å²) in [4.78, 5) is 23.6. The summed E-state index contributed by atoms with van der Waals surface area (Å²) in [5.74, 6) is -0.567. The summed E-state index contributed by atoms with van der Waals surface area (Å²) in [6.07, 6.45) is 1.98. The molecule has 0 saturated carbocycles. The summed E-state index contributed by atoms with van der Waals surface area (Å²) in [6, 6.07) is 19.1. The SMILES string of the molecule is COC(=O)CCNC(=O)C(=Cc1ccccc1)c1ccccc1. The third-order valence-electron chi connectivity index (χ3n) is 3.28. The van der Waals surface area contributed by atoms with Gasteiger partial charge < -0.3 is 10.1 Å². The van der Waals surface area contributed by atoms with E-state index >= 15 is 0 Å². The fourth-order valence-electron chi connectivity index (χ4n) is 2.09. The number of ether oxygens (including phenoxy) is 1. The van der Waals surface area contributed by atoms with Crippen LogP contribution in [0.3, 0.4) is 0 Å². The monoisotopic (exact) mass is 309 g/mol. The number of hydrogen-bond acceptors (Lipinski definition) is 3. The van der Waals surface area contributed by atoms with Crippen molar-refractivity contribution in [1.82, 2.24) is 5.32 Å². The van der Waals surface area contributed by atoms with Crippen molar-refractivity contribution in [2.45, 2.75) is 6.42 Å². The topological polar surface area (TPSA) is 55.4 Å². The standard InChI is InChI=1S/C19H19NO3/c1-23-18(21)12-13-20-19(22)17(16-10-6-3-7-11-16)14-15-8-4-2-5-9-15/h2-11,14H,12-13H2,1H3,(H,20,22). The number of nitrogens with one attached hydrogen (secondary N) is 1. The van der Waals surface area contributed by atoms with E-state index < -0.39 is 0 Å². The van der Waals surface area contributed by atoms with Gasteiger partial charge in [0.2, 0.25) is 0 Å². The van der Waals surface area contributed by atoms with Gasteiger partial charge in [-0.3, -0.25) is 9.59 Å². The molecule has 0 radical (unpaired) electrons. The molecule has 0 aromatic heterocycles. The summed E-state index contributed by atoms with van der Waals surface area (Å²) in [5.41, 5.74) is 2.32. The van der Waals surface area contributed by atoms with E-state index in [0.29, 0.717) is 5.57 Å². The molecule has 118 valence electrons. The fourth-order valence-corrected chi connectivity index (χ4v) is 2.09. The van der Waals surface area contributed by atoms with E-state index in [0.717, 1.165) is 11.1 Å². The minimum atomic E-state index is -0.349. The van der Waals surface area contributed by atoms with Crippen molar-refractivity contribution in [2.24, 2.45) is 0 Å². The minimum Gasteiger partial charge on any atom is -0.469 e. The normalized spacial score (nSPS) is 10.9. The van der Waals surface area contributed by atoms with Crippen LogP contribution in [-0.4, -0.2) is 25.5 Å². The van der Waals surface area contributed by atoms with Crippen molar-refractivity contribution >= 4 is 23.5 Å². The summed E-state index contributed by atoms with van der Waals surface area (Å²) in [7, 11) is 1.33. The molecule has 2 aromatic carbocycles. The van der Waals surface area contributed by atoms with Gasteiger partial charge in [0, 0.05) is 12.1 Å². The van der Waals surface area contributed by atoms with E-state index in [2.05, 4.69) is 10.1 Å². The number of rotatable bonds is 6. The van der Waals surface area contributed by atoms with Gasteiger partial charge >= 0.3 is 5.97 Å². The van der Waals surface area contributed by atoms with Crippen molar-refractivity contribution < 1.29 is 14.3 Å². The Kier molecular flexibility index (Phi) is 6.12. The lowest BCUT2D eigenvalue weighted by Crippen LogP contribution is -2.27. The molecule has 1 amide bonds. The molecule has 4 nitrogen and oxygen atoms in total. The zero-order valence-corrected chi connectivity index (χ0v) is 13.0. The van der Waals surface area contributed by atoms with Gasteiger partial charge in [0.15, 0.2) is 0 Å². The Morgan fingerprint density at radius 3 is 2.22 bits per heavy atom. The smallest absolute Gasteiger partial charge is 0.307 e. The lowest BCUT2D eigenvalue weighted by molar-refractivity contribution is -0.140. The number of carbonyl (C=O) groups is 2. The van der Waals surface area contributed by atoms with Gasteiger partial charge in [0.05, 0.1) is 13.5 Å². The Morgan fingerprint density at radius 2 is 1.61 bits per heavy atom. The molecule has 2 rings (SSSR count). The van der Waals surface area contributed by atoms with E-state index in [-0.39, 0.29) is 24.8 Å². The van der Waals surface area contributed by atoms with Gasteiger partial charge in [-0.25, -0.2) is 0 Å². The van der Waals surface area contributed by atoms with Crippen LogP contribution in [0.1, 0.15) is 17.5 Å². The Morgan fingerprint density at radius 1 is 1.00 bits per heavy atom. The predicted molar refractivity (Wildman–Crippen MR) is 90.4 cm³/mol. The van der Waals surface area contributed by atoms with Gasteiger partial charge in [-0.05, 0) is 17.2 Å². The Labute approximate surface area is 135 Å². The van der Waals surface area contributed by atoms with Gasteiger partial charge in [-0.15, -0.1) is 0 Å². The number of methoxy groups -OCH3 is 1. The van der Waals surface area contributed by atoms with Crippen LogP contribution in [0.4, 0.5) is 0 Å². The first-order valence-electron chi connectivity index (χ1n) is 7.38. The summed E-state index contributed by atoms with van der Waals surface area (Å²) in [6.45, 7) is 0.241. The van der Waals surface area contributed by atoms with Crippen LogP contribution in [0, 0.1) is 0 Å². The highest BCUT2D eigenvalue weighted by Crippen LogP contribution is 2.18. The molecule has 0 fully saturated rings. The van der Waals surface area contributed by atoms with E-state index in [9.17, 15) is 9.59 Å². The van der Waals surface area contributed by atoms with E-state index in [1.807, 2.05) is 66.7 Å². The zero-order valence-electron chi connectivity index (χ0n) is 13.0. The Bertz CT molecular complexity index is 678. The molecular formula is C19H19NO3. The summed E-state index contributed by atoms with van der Waals surface area (Å²) < 4.78 is 4.57. The predicted octanol–water partition coefficient (Wildman–Crippen LogP) is 2.91. The molecule has 0 unspecified atom stereocenters. The molecule has 0 spiro atoms. The highest BCUT2D eigenvalue weighted by atomic mass is 16.5. The Balaban J connectivity index is 2.19. The third kappa shape index (κ3) is 5.11. The molecular weight excluding hydrogens is 290 g/mol. The van der Waals surface area contributed by atoms with E-state index in [1.165, 1.54) is 7.11 Å². The molecule has 1 N–H and O–H groups in total. The number of hydrogen-bond donors (Lipinski definition) is 1. The second-order valence-electron chi connectivity index (χ2n) is 4.92. The molecule has 0 atom stereocenters. The van der Waals surface area contributed by atoms with Gasteiger partial charge in [-0.1, -0.05) is 60.7 Å². The van der Waals surface area contributed by atoms with E-state index in [1.54, 1.807) is 0 Å². The molecule has 23 heavy (non-hydrogen) atoms. The molecule has 0 heterocycles. The largest absolute Gasteiger partial charge is 0.469 e. The molecule has 0 saturated heterocycles. The zero-order chi connectivity index (χ0) is 16.5. The van der Waals surface area contributed by atoms with Gasteiger partial charge in [0.25, 0.3) is 5.91 Å². The second kappa shape index (κ2) is 8.54. The number of carbonyl (C=O) groups excluding carboxylic acids is 2. The van der Waals surface area contributed by atoms with Crippen LogP contribution in [-0.2, 0) is 14.3 Å². The quantitative estimate of drug-likeness (QED) is 0.507. The maximum Gasteiger partial charge on any atom is 0.307 e. The molecule has 0 aliphatic heterocycles. The summed E-state index contributed by atoms with van der Waals surface area (Å²) in [5, 5.41) is 2.76. The lowest BCUT2D eigenvalue weighted by atomic mass is 10.0. The van der Waals surface area contributed by atoms with Crippen molar-refractivity contribution in [3.8, 4) is 0 Å². The highest BCUT2D eigenvalue weighted by molar-refractivity contribution is 6.24. The highest BCUT2D eigenvalue weighted by Gasteiger charge is 2.12. The average molecular weight is 309 g/mol. The molecule has 0 bridgehead atoms. The van der Waals surface area contributed by atoms with Crippen LogP contribution < -0.4 is 5.32 Å². The fraction of sp³-hybridized carbons (Fsp3) is 0.158. The van der Waals surface area contributed by atoms with Gasteiger partial charge in [-0.2, -0.15) is 0 Å². The first-order chi connectivity index (χ1) is 11.2. The van der Waals surface area contributed by atoms with Crippen LogP contribution in [0.2, 0.25) is 0 Å². The van der Waals surface area contributed by atoms with E-state index in [4.69, 9.17) is 0 Å². The van der Waals surface area contributed by atoms with Crippen LogP contribution in [0.25, 0.3) is 11.6 Å². The number of benzene rings is 2. The van der Waals surface area contributed by atoms with Crippen molar-refractivity contribution in [1.29, 1.82) is 0 Å².